The van der Waals surface area contributed by atoms with E-state index in [4.69, 9.17) is 5.73 Å². The summed E-state index contributed by atoms with van der Waals surface area (Å²) in [6, 6.07) is 1.40. The van der Waals surface area contributed by atoms with Crippen molar-refractivity contribution in [1.29, 1.82) is 0 Å². The van der Waals surface area contributed by atoms with Crippen molar-refractivity contribution in [2.45, 2.75) is 45.2 Å². The van der Waals surface area contributed by atoms with Crippen molar-refractivity contribution in [1.82, 2.24) is 4.90 Å². The summed E-state index contributed by atoms with van der Waals surface area (Å²) in [6.07, 6.45) is 4.04. The quantitative estimate of drug-likeness (QED) is 0.694. The summed E-state index contributed by atoms with van der Waals surface area (Å²) in [5, 5.41) is 0. The fraction of sp³-hybridized carbons (Fsp3) is 1.00. The molecule has 12 heavy (non-hydrogen) atoms. The molecule has 2 atom stereocenters. The Morgan fingerprint density at radius 3 is 2.58 bits per heavy atom. The van der Waals surface area contributed by atoms with E-state index in [2.05, 4.69) is 25.8 Å². The molecule has 2 heteroatoms. The van der Waals surface area contributed by atoms with Gasteiger partial charge in [-0.2, -0.15) is 0 Å². The summed E-state index contributed by atoms with van der Waals surface area (Å²) in [6.45, 7) is 5.37. The minimum absolute atomic E-state index is 0.655. The van der Waals surface area contributed by atoms with Crippen LogP contribution in [0.2, 0.25) is 0 Å². The predicted octanol–water partition coefficient (Wildman–Crippen LogP) is 1.45. The molecular weight excluding hydrogens is 148 g/mol. The van der Waals surface area contributed by atoms with E-state index in [1.54, 1.807) is 0 Å². The van der Waals surface area contributed by atoms with Gasteiger partial charge in [-0.3, -0.25) is 0 Å². The smallest absolute Gasteiger partial charge is 0.0135 e. The van der Waals surface area contributed by atoms with E-state index in [1.807, 2.05) is 0 Å². The van der Waals surface area contributed by atoms with Gasteiger partial charge in [0, 0.05) is 12.1 Å². The van der Waals surface area contributed by atoms with Crippen molar-refractivity contribution in [3.05, 3.63) is 0 Å². The Labute approximate surface area is 76.1 Å². The van der Waals surface area contributed by atoms with Crippen LogP contribution in [0.5, 0.6) is 0 Å². The Kier molecular flexibility index (Phi) is 3.53. The van der Waals surface area contributed by atoms with E-state index in [0.717, 1.165) is 18.5 Å². The molecule has 0 saturated heterocycles. The molecule has 0 bridgehead atoms. The normalized spacial score (nSPS) is 30.5. The SMILES string of the molecule is CC(C)N(C)C1CCCC1CN. The van der Waals surface area contributed by atoms with E-state index in [0.29, 0.717) is 6.04 Å². The van der Waals surface area contributed by atoms with Gasteiger partial charge < -0.3 is 10.6 Å². The van der Waals surface area contributed by atoms with Crippen LogP contribution in [0.3, 0.4) is 0 Å². The van der Waals surface area contributed by atoms with E-state index in [9.17, 15) is 0 Å². The van der Waals surface area contributed by atoms with Gasteiger partial charge in [0.15, 0.2) is 0 Å². The Hall–Kier alpha value is -0.0800. The molecule has 0 aromatic rings. The zero-order chi connectivity index (χ0) is 9.14. The first-order valence-corrected chi connectivity index (χ1v) is 5.08. The van der Waals surface area contributed by atoms with Crippen LogP contribution < -0.4 is 5.73 Å². The summed E-state index contributed by atoms with van der Waals surface area (Å²) in [5.74, 6) is 0.748. The molecule has 2 N–H and O–H groups in total. The fourth-order valence-corrected chi connectivity index (χ4v) is 2.21. The Bertz CT molecular complexity index is 134. The molecule has 0 spiro atoms. The second-order valence-electron chi connectivity index (χ2n) is 4.25. The second-order valence-corrected chi connectivity index (χ2v) is 4.25. The predicted molar refractivity (Wildman–Crippen MR) is 53.1 cm³/mol. The van der Waals surface area contributed by atoms with Crippen LogP contribution in [-0.4, -0.2) is 30.6 Å². The maximum absolute atomic E-state index is 5.74. The van der Waals surface area contributed by atoms with Gasteiger partial charge in [0.25, 0.3) is 0 Å². The number of nitrogens with two attached hydrogens (primary N) is 1. The first-order valence-electron chi connectivity index (χ1n) is 5.08. The summed E-state index contributed by atoms with van der Waals surface area (Å²) < 4.78 is 0. The molecule has 1 rings (SSSR count). The van der Waals surface area contributed by atoms with Gasteiger partial charge in [-0.05, 0) is 46.2 Å². The highest BCUT2D eigenvalue weighted by Crippen LogP contribution is 2.29. The lowest BCUT2D eigenvalue weighted by Crippen LogP contribution is -2.41. The molecule has 72 valence electrons. The number of rotatable bonds is 3. The summed E-state index contributed by atoms with van der Waals surface area (Å²) in [4.78, 5) is 2.48. The average Bonchev–Trinajstić information content (AvgIpc) is 2.49. The molecule has 2 unspecified atom stereocenters. The number of hydrogen-bond acceptors (Lipinski definition) is 2. The first kappa shape index (κ1) is 10.0. The van der Waals surface area contributed by atoms with Crippen LogP contribution in [-0.2, 0) is 0 Å². The van der Waals surface area contributed by atoms with Gasteiger partial charge in [0.1, 0.15) is 0 Å². The van der Waals surface area contributed by atoms with Crippen LogP contribution in [0.1, 0.15) is 33.1 Å². The Morgan fingerprint density at radius 2 is 2.08 bits per heavy atom. The third-order valence-corrected chi connectivity index (χ3v) is 3.26. The van der Waals surface area contributed by atoms with E-state index < -0.39 is 0 Å². The van der Waals surface area contributed by atoms with Crippen molar-refractivity contribution in [2.24, 2.45) is 11.7 Å². The number of nitrogens with zero attached hydrogens (tertiary/aromatic N) is 1. The minimum Gasteiger partial charge on any atom is -0.330 e. The van der Waals surface area contributed by atoms with Gasteiger partial charge >= 0.3 is 0 Å². The van der Waals surface area contributed by atoms with Crippen LogP contribution >= 0.6 is 0 Å². The van der Waals surface area contributed by atoms with Crippen molar-refractivity contribution in [2.75, 3.05) is 13.6 Å². The molecule has 0 radical (unpaired) electrons. The lowest BCUT2D eigenvalue weighted by Gasteiger charge is -2.32. The average molecular weight is 170 g/mol. The van der Waals surface area contributed by atoms with E-state index in [-0.39, 0.29) is 0 Å². The monoisotopic (exact) mass is 170 g/mol. The molecule has 0 aromatic carbocycles. The van der Waals surface area contributed by atoms with Crippen molar-refractivity contribution >= 4 is 0 Å². The largest absolute Gasteiger partial charge is 0.330 e. The highest BCUT2D eigenvalue weighted by molar-refractivity contribution is 4.85. The van der Waals surface area contributed by atoms with Crippen LogP contribution in [0.15, 0.2) is 0 Å². The lowest BCUT2D eigenvalue weighted by atomic mass is 10.0. The van der Waals surface area contributed by atoms with Crippen LogP contribution in [0, 0.1) is 5.92 Å². The zero-order valence-corrected chi connectivity index (χ0v) is 8.59. The van der Waals surface area contributed by atoms with Gasteiger partial charge in [-0.25, -0.2) is 0 Å². The van der Waals surface area contributed by atoms with Gasteiger partial charge in [0.2, 0.25) is 0 Å². The molecule has 1 aliphatic rings. The second kappa shape index (κ2) is 4.24. The first-order chi connectivity index (χ1) is 5.66. The van der Waals surface area contributed by atoms with Gasteiger partial charge in [-0.1, -0.05) is 6.42 Å². The lowest BCUT2D eigenvalue weighted by molar-refractivity contribution is 0.161. The molecule has 0 heterocycles. The summed E-state index contributed by atoms with van der Waals surface area (Å²) in [7, 11) is 2.23. The van der Waals surface area contributed by atoms with Gasteiger partial charge in [-0.15, -0.1) is 0 Å². The maximum Gasteiger partial charge on any atom is 0.0135 e. The minimum atomic E-state index is 0.655. The molecule has 0 aliphatic heterocycles. The van der Waals surface area contributed by atoms with E-state index in [1.165, 1.54) is 19.3 Å². The topological polar surface area (TPSA) is 29.3 Å². The van der Waals surface area contributed by atoms with Crippen LogP contribution in [0.4, 0.5) is 0 Å². The summed E-state index contributed by atoms with van der Waals surface area (Å²) >= 11 is 0. The molecule has 2 nitrogen and oxygen atoms in total. The van der Waals surface area contributed by atoms with Gasteiger partial charge in [0.05, 0.1) is 0 Å². The van der Waals surface area contributed by atoms with Crippen LogP contribution in [0.25, 0.3) is 0 Å². The van der Waals surface area contributed by atoms with Crippen molar-refractivity contribution < 1.29 is 0 Å². The standard InChI is InChI=1S/C10H22N2/c1-8(2)12(3)10-6-4-5-9(10)7-11/h8-10H,4-7,11H2,1-3H3. The number of hydrogen-bond donors (Lipinski definition) is 1. The molecule has 1 aliphatic carbocycles. The molecule has 1 saturated carbocycles. The van der Waals surface area contributed by atoms with Crippen molar-refractivity contribution in [3.8, 4) is 0 Å². The highest BCUT2D eigenvalue weighted by Gasteiger charge is 2.29. The fourth-order valence-electron chi connectivity index (χ4n) is 2.21. The van der Waals surface area contributed by atoms with E-state index >= 15 is 0 Å². The summed E-state index contributed by atoms with van der Waals surface area (Å²) in [5.41, 5.74) is 5.74. The molecule has 0 aromatic heterocycles. The maximum atomic E-state index is 5.74. The molecular formula is C10H22N2. The third kappa shape index (κ3) is 1.99. The molecule has 1 fully saturated rings. The zero-order valence-electron chi connectivity index (χ0n) is 8.59. The highest BCUT2D eigenvalue weighted by atomic mass is 15.2. The Morgan fingerprint density at radius 1 is 1.42 bits per heavy atom. The van der Waals surface area contributed by atoms with Crippen molar-refractivity contribution in [3.63, 3.8) is 0 Å². The third-order valence-electron chi connectivity index (χ3n) is 3.26. The Balaban J connectivity index is 2.49. The molecule has 0 amide bonds.